The molecule has 0 aliphatic heterocycles. The average molecular weight is 262 g/mol. The second-order valence-corrected chi connectivity index (χ2v) is 3.86. The maximum Gasteiger partial charge on any atom is 0.123 e. The fourth-order valence-electron chi connectivity index (χ4n) is 1.55. The van der Waals surface area contributed by atoms with Crippen LogP contribution in [0.2, 0.25) is 0 Å². The van der Waals surface area contributed by atoms with E-state index in [-0.39, 0.29) is 18.2 Å². The molecule has 0 saturated heterocycles. The van der Waals surface area contributed by atoms with E-state index in [2.05, 4.69) is 5.32 Å². The summed E-state index contributed by atoms with van der Waals surface area (Å²) in [6.07, 6.45) is 3.42. The average Bonchev–Trinajstić information content (AvgIpc) is 2.28. The molecule has 0 bridgehead atoms. The molecule has 1 N–H and O–H groups in total. The Morgan fingerprint density at radius 1 is 1.24 bits per heavy atom. The van der Waals surface area contributed by atoms with Gasteiger partial charge in [0.2, 0.25) is 0 Å². The van der Waals surface area contributed by atoms with E-state index >= 15 is 0 Å². The monoisotopic (exact) mass is 261 g/mol. The highest BCUT2D eigenvalue weighted by molar-refractivity contribution is 5.85. The summed E-state index contributed by atoms with van der Waals surface area (Å²) in [6.45, 7) is 2.55. The molecule has 0 radical (unpaired) electrons. The topological polar surface area (TPSA) is 21.3 Å². The smallest absolute Gasteiger partial charge is 0.123 e. The van der Waals surface area contributed by atoms with Crippen LogP contribution in [0.1, 0.15) is 24.8 Å². The molecule has 0 atom stereocenters. The fraction of sp³-hybridized carbons (Fsp3) is 0.538. The number of nitrogens with one attached hydrogen (secondary N) is 1. The first-order chi connectivity index (χ1) is 7.83. The summed E-state index contributed by atoms with van der Waals surface area (Å²) in [5.74, 6) is -0.167. The Hall–Kier alpha value is -0.640. The standard InChI is InChI=1S/C13H20FNO.ClH/c1-16-9-4-2-3-8-15-11-12-6-5-7-13(14)10-12;/h5-7,10,15H,2-4,8-9,11H2,1H3;1H. The molecule has 0 spiro atoms. The molecule has 0 aromatic heterocycles. The van der Waals surface area contributed by atoms with Gasteiger partial charge in [0, 0.05) is 20.3 Å². The number of hydrogen-bond donors (Lipinski definition) is 1. The van der Waals surface area contributed by atoms with E-state index in [1.54, 1.807) is 19.2 Å². The van der Waals surface area contributed by atoms with Crippen LogP contribution in [0.3, 0.4) is 0 Å². The van der Waals surface area contributed by atoms with Crippen LogP contribution in [0, 0.1) is 5.82 Å². The quantitative estimate of drug-likeness (QED) is 0.726. The van der Waals surface area contributed by atoms with E-state index < -0.39 is 0 Å². The van der Waals surface area contributed by atoms with Gasteiger partial charge in [0.05, 0.1) is 0 Å². The van der Waals surface area contributed by atoms with Crippen LogP contribution in [0.15, 0.2) is 24.3 Å². The van der Waals surface area contributed by atoms with E-state index in [1.807, 2.05) is 6.07 Å². The number of halogens is 2. The zero-order valence-corrected chi connectivity index (χ0v) is 11.1. The number of unbranched alkanes of at least 4 members (excludes halogenated alkanes) is 2. The van der Waals surface area contributed by atoms with Crippen molar-refractivity contribution in [2.45, 2.75) is 25.8 Å². The lowest BCUT2D eigenvalue weighted by molar-refractivity contribution is 0.192. The molecule has 0 fully saturated rings. The molecule has 1 aromatic rings. The molecule has 0 saturated carbocycles. The van der Waals surface area contributed by atoms with E-state index in [1.165, 1.54) is 12.5 Å². The number of rotatable bonds is 8. The first-order valence-electron chi connectivity index (χ1n) is 5.77. The Labute approximate surface area is 109 Å². The minimum Gasteiger partial charge on any atom is -0.385 e. The first-order valence-corrected chi connectivity index (χ1v) is 5.77. The van der Waals surface area contributed by atoms with E-state index in [0.717, 1.165) is 38.1 Å². The Balaban J connectivity index is 0.00000256. The SMILES string of the molecule is COCCCCCNCc1cccc(F)c1.Cl. The summed E-state index contributed by atoms with van der Waals surface area (Å²) in [6, 6.07) is 6.71. The molecule has 17 heavy (non-hydrogen) atoms. The predicted molar refractivity (Wildman–Crippen MR) is 71.1 cm³/mol. The molecular formula is C13H21ClFNO. The number of hydrogen-bond acceptors (Lipinski definition) is 2. The third kappa shape index (κ3) is 8.13. The highest BCUT2D eigenvalue weighted by Gasteiger charge is 1.94. The molecule has 0 amide bonds. The Bertz CT molecular complexity index is 297. The van der Waals surface area contributed by atoms with Crippen LogP contribution in [-0.4, -0.2) is 20.3 Å². The molecule has 4 heteroatoms. The second kappa shape index (κ2) is 10.5. The van der Waals surface area contributed by atoms with E-state index in [0.29, 0.717) is 0 Å². The predicted octanol–water partition coefficient (Wildman–Crippen LogP) is 3.15. The van der Waals surface area contributed by atoms with Crippen molar-refractivity contribution in [2.24, 2.45) is 0 Å². The summed E-state index contributed by atoms with van der Waals surface area (Å²) >= 11 is 0. The zero-order valence-electron chi connectivity index (χ0n) is 10.2. The van der Waals surface area contributed by atoms with Crippen molar-refractivity contribution in [3.05, 3.63) is 35.6 Å². The lowest BCUT2D eigenvalue weighted by atomic mass is 10.2. The van der Waals surface area contributed by atoms with Gasteiger partial charge in [-0.2, -0.15) is 0 Å². The van der Waals surface area contributed by atoms with Gasteiger partial charge in [-0.25, -0.2) is 4.39 Å². The Kier molecular flexibility index (Phi) is 10.1. The molecule has 0 aliphatic carbocycles. The van der Waals surface area contributed by atoms with Gasteiger partial charge in [-0.15, -0.1) is 12.4 Å². The second-order valence-electron chi connectivity index (χ2n) is 3.86. The van der Waals surface area contributed by atoms with E-state index in [9.17, 15) is 4.39 Å². The summed E-state index contributed by atoms with van der Waals surface area (Å²) in [4.78, 5) is 0. The molecule has 1 rings (SSSR count). The van der Waals surface area contributed by atoms with Crippen LogP contribution in [0.5, 0.6) is 0 Å². The van der Waals surface area contributed by atoms with Crippen molar-refractivity contribution in [2.75, 3.05) is 20.3 Å². The van der Waals surface area contributed by atoms with Gasteiger partial charge in [-0.05, 0) is 43.5 Å². The summed E-state index contributed by atoms with van der Waals surface area (Å²) in [5.41, 5.74) is 0.997. The van der Waals surface area contributed by atoms with Gasteiger partial charge in [-0.3, -0.25) is 0 Å². The number of ether oxygens (including phenoxy) is 1. The highest BCUT2D eigenvalue weighted by atomic mass is 35.5. The van der Waals surface area contributed by atoms with Gasteiger partial charge in [0.15, 0.2) is 0 Å². The van der Waals surface area contributed by atoms with Crippen molar-refractivity contribution < 1.29 is 9.13 Å². The third-order valence-corrected chi connectivity index (χ3v) is 2.42. The van der Waals surface area contributed by atoms with Crippen molar-refractivity contribution in [1.82, 2.24) is 5.32 Å². The lowest BCUT2D eigenvalue weighted by Crippen LogP contribution is -2.14. The lowest BCUT2D eigenvalue weighted by Gasteiger charge is -2.05. The maximum atomic E-state index is 12.8. The minimum absolute atomic E-state index is 0. The van der Waals surface area contributed by atoms with Crippen molar-refractivity contribution in [3.8, 4) is 0 Å². The Morgan fingerprint density at radius 2 is 2.06 bits per heavy atom. The van der Waals surface area contributed by atoms with Crippen LogP contribution < -0.4 is 5.32 Å². The summed E-state index contributed by atoms with van der Waals surface area (Å²) in [5, 5.41) is 3.30. The molecule has 1 aromatic carbocycles. The number of methoxy groups -OCH3 is 1. The van der Waals surface area contributed by atoms with Gasteiger partial charge in [0.25, 0.3) is 0 Å². The minimum atomic E-state index is -0.167. The van der Waals surface area contributed by atoms with Crippen LogP contribution in [-0.2, 0) is 11.3 Å². The van der Waals surface area contributed by atoms with Crippen LogP contribution in [0.4, 0.5) is 4.39 Å². The zero-order chi connectivity index (χ0) is 11.6. The van der Waals surface area contributed by atoms with Crippen molar-refractivity contribution in [3.63, 3.8) is 0 Å². The normalized spacial score (nSPS) is 10.0. The molecule has 0 heterocycles. The summed E-state index contributed by atoms with van der Waals surface area (Å²) < 4.78 is 17.8. The molecule has 2 nitrogen and oxygen atoms in total. The molecule has 0 unspecified atom stereocenters. The molecule has 0 aliphatic rings. The van der Waals surface area contributed by atoms with E-state index in [4.69, 9.17) is 4.74 Å². The van der Waals surface area contributed by atoms with Gasteiger partial charge >= 0.3 is 0 Å². The van der Waals surface area contributed by atoms with Gasteiger partial charge < -0.3 is 10.1 Å². The number of benzene rings is 1. The van der Waals surface area contributed by atoms with Gasteiger partial charge in [0.1, 0.15) is 5.82 Å². The third-order valence-electron chi connectivity index (χ3n) is 2.42. The van der Waals surface area contributed by atoms with Gasteiger partial charge in [-0.1, -0.05) is 12.1 Å². The largest absolute Gasteiger partial charge is 0.385 e. The molecule has 98 valence electrons. The van der Waals surface area contributed by atoms with Crippen LogP contribution >= 0.6 is 12.4 Å². The van der Waals surface area contributed by atoms with Crippen LogP contribution in [0.25, 0.3) is 0 Å². The van der Waals surface area contributed by atoms with Crippen molar-refractivity contribution in [1.29, 1.82) is 0 Å². The van der Waals surface area contributed by atoms with Crippen molar-refractivity contribution >= 4 is 12.4 Å². The molecular weight excluding hydrogens is 241 g/mol. The maximum absolute atomic E-state index is 12.8. The summed E-state index contributed by atoms with van der Waals surface area (Å²) in [7, 11) is 1.72. The first kappa shape index (κ1) is 16.4. The fourth-order valence-corrected chi connectivity index (χ4v) is 1.55. The highest BCUT2D eigenvalue weighted by Crippen LogP contribution is 2.03. The Morgan fingerprint density at radius 3 is 2.76 bits per heavy atom.